The number of piperidine rings is 1. The SMILES string of the molecule is N[C@H]1CCCN(c2cnc(Br)c(F)c2)C1. The number of anilines is 1. The van der Waals surface area contributed by atoms with E-state index < -0.39 is 0 Å². The molecule has 3 nitrogen and oxygen atoms in total. The van der Waals surface area contributed by atoms with Gasteiger partial charge >= 0.3 is 0 Å². The lowest BCUT2D eigenvalue weighted by Crippen LogP contribution is -2.42. The van der Waals surface area contributed by atoms with Gasteiger partial charge in [-0.3, -0.25) is 0 Å². The van der Waals surface area contributed by atoms with Crippen LogP contribution >= 0.6 is 15.9 Å². The van der Waals surface area contributed by atoms with Gasteiger partial charge < -0.3 is 10.6 Å². The maximum atomic E-state index is 13.3. The molecule has 5 heteroatoms. The quantitative estimate of drug-likeness (QED) is 0.795. The summed E-state index contributed by atoms with van der Waals surface area (Å²) in [5.41, 5.74) is 6.68. The van der Waals surface area contributed by atoms with Crippen molar-refractivity contribution >= 4 is 21.6 Å². The fraction of sp³-hybridized carbons (Fsp3) is 0.500. The standard InChI is InChI=1S/C10H13BrFN3/c11-10-9(12)4-8(5-14-10)15-3-1-2-7(13)6-15/h4-5,7H,1-3,6,13H2/t7-/m0/s1. The van der Waals surface area contributed by atoms with Crippen LogP contribution in [0.5, 0.6) is 0 Å². The molecule has 1 fully saturated rings. The zero-order chi connectivity index (χ0) is 10.8. The molecule has 0 unspecified atom stereocenters. The molecule has 0 saturated carbocycles. The average Bonchev–Trinajstić information content (AvgIpc) is 2.22. The van der Waals surface area contributed by atoms with E-state index >= 15 is 0 Å². The second-order valence-electron chi connectivity index (χ2n) is 3.81. The zero-order valence-corrected chi connectivity index (χ0v) is 9.87. The lowest BCUT2D eigenvalue weighted by atomic mass is 10.1. The molecular weight excluding hydrogens is 261 g/mol. The topological polar surface area (TPSA) is 42.1 Å². The molecule has 0 aromatic carbocycles. The van der Waals surface area contributed by atoms with Gasteiger partial charge in [-0.2, -0.15) is 0 Å². The van der Waals surface area contributed by atoms with E-state index in [1.165, 1.54) is 6.07 Å². The summed E-state index contributed by atoms with van der Waals surface area (Å²) in [6.07, 6.45) is 3.77. The summed E-state index contributed by atoms with van der Waals surface area (Å²) < 4.78 is 13.5. The predicted molar refractivity (Wildman–Crippen MR) is 61.3 cm³/mol. The summed E-state index contributed by atoms with van der Waals surface area (Å²) >= 11 is 3.04. The van der Waals surface area contributed by atoms with Crippen LogP contribution in [0.1, 0.15) is 12.8 Å². The van der Waals surface area contributed by atoms with Gasteiger partial charge in [0.05, 0.1) is 11.9 Å². The van der Waals surface area contributed by atoms with Gasteiger partial charge in [0, 0.05) is 25.2 Å². The molecule has 1 aliphatic heterocycles. The van der Waals surface area contributed by atoms with Crippen molar-refractivity contribution in [3.63, 3.8) is 0 Å². The Morgan fingerprint density at radius 2 is 2.40 bits per heavy atom. The number of nitrogens with zero attached hydrogens (tertiary/aromatic N) is 2. The van der Waals surface area contributed by atoms with Gasteiger partial charge in [-0.05, 0) is 28.8 Å². The first-order valence-electron chi connectivity index (χ1n) is 4.98. The zero-order valence-electron chi connectivity index (χ0n) is 8.29. The molecule has 0 amide bonds. The second-order valence-corrected chi connectivity index (χ2v) is 4.57. The smallest absolute Gasteiger partial charge is 0.158 e. The third-order valence-corrected chi connectivity index (χ3v) is 3.19. The molecule has 1 aromatic heterocycles. The van der Waals surface area contributed by atoms with Crippen LogP contribution in [0.4, 0.5) is 10.1 Å². The van der Waals surface area contributed by atoms with Gasteiger partial charge in [-0.1, -0.05) is 0 Å². The van der Waals surface area contributed by atoms with Gasteiger partial charge in [0.1, 0.15) is 4.60 Å². The fourth-order valence-electron chi connectivity index (χ4n) is 1.83. The Morgan fingerprint density at radius 3 is 3.07 bits per heavy atom. The molecule has 1 aliphatic rings. The van der Waals surface area contributed by atoms with Crippen LogP contribution in [0.25, 0.3) is 0 Å². The molecule has 0 bridgehead atoms. The summed E-state index contributed by atoms with van der Waals surface area (Å²) in [5, 5.41) is 0. The van der Waals surface area contributed by atoms with E-state index in [1.807, 2.05) is 0 Å². The normalized spacial score (nSPS) is 21.8. The number of hydrogen-bond acceptors (Lipinski definition) is 3. The van der Waals surface area contributed by atoms with Crippen LogP contribution in [0, 0.1) is 5.82 Å². The van der Waals surface area contributed by atoms with Crippen LogP contribution in [0.3, 0.4) is 0 Å². The maximum Gasteiger partial charge on any atom is 0.158 e. The maximum absolute atomic E-state index is 13.3. The predicted octanol–water partition coefficient (Wildman–Crippen LogP) is 1.91. The first kappa shape index (κ1) is 10.8. The summed E-state index contributed by atoms with van der Waals surface area (Å²) in [6.45, 7) is 1.71. The van der Waals surface area contributed by atoms with E-state index in [2.05, 4.69) is 25.8 Å². The van der Waals surface area contributed by atoms with Crippen molar-refractivity contribution in [1.29, 1.82) is 0 Å². The van der Waals surface area contributed by atoms with Crippen LogP contribution in [0.2, 0.25) is 0 Å². The van der Waals surface area contributed by atoms with E-state index in [0.29, 0.717) is 0 Å². The summed E-state index contributed by atoms with van der Waals surface area (Å²) in [6, 6.07) is 1.68. The monoisotopic (exact) mass is 273 g/mol. The largest absolute Gasteiger partial charge is 0.369 e. The van der Waals surface area contributed by atoms with Crippen molar-refractivity contribution in [1.82, 2.24) is 4.98 Å². The van der Waals surface area contributed by atoms with Crippen LogP contribution < -0.4 is 10.6 Å². The van der Waals surface area contributed by atoms with E-state index in [9.17, 15) is 4.39 Å². The molecule has 2 N–H and O–H groups in total. The minimum atomic E-state index is -0.327. The van der Waals surface area contributed by atoms with Gasteiger partial charge in [-0.25, -0.2) is 9.37 Å². The number of rotatable bonds is 1. The van der Waals surface area contributed by atoms with Crippen molar-refractivity contribution in [3.05, 3.63) is 22.7 Å². The number of hydrogen-bond donors (Lipinski definition) is 1. The minimum Gasteiger partial charge on any atom is -0.369 e. The van der Waals surface area contributed by atoms with Gasteiger partial charge in [-0.15, -0.1) is 0 Å². The Bertz CT molecular complexity index is 359. The van der Waals surface area contributed by atoms with Crippen LogP contribution in [-0.4, -0.2) is 24.1 Å². The van der Waals surface area contributed by atoms with Crippen molar-refractivity contribution in [2.75, 3.05) is 18.0 Å². The Kier molecular flexibility index (Phi) is 3.21. The van der Waals surface area contributed by atoms with Crippen molar-refractivity contribution in [3.8, 4) is 0 Å². The van der Waals surface area contributed by atoms with Gasteiger partial charge in [0.2, 0.25) is 0 Å². The molecule has 0 aliphatic carbocycles. The average molecular weight is 274 g/mol. The van der Waals surface area contributed by atoms with E-state index in [-0.39, 0.29) is 16.5 Å². The number of halogens is 2. The fourth-order valence-corrected chi connectivity index (χ4v) is 2.05. The van der Waals surface area contributed by atoms with Crippen LogP contribution in [0.15, 0.2) is 16.9 Å². The second kappa shape index (κ2) is 4.45. The first-order chi connectivity index (χ1) is 7.16. The molecule has 1 atom stereocenters. The van der Waals surface area contributed by atoms with E-state index in [0.717, 1.165) is 31.6 Å². The number of pyridine rings is 1. The Labute approximate surface area is 96.6 Å². The Hall–Kier alpha value is -0.680. The highest BCUT2D eigenvalue weighted by Gasteiger charge is 2.17. The third-order valence-electron chi connectivity index (χ3n) is 2.60. The number of nitrogens with two attached hydrogens (primary N) is 1. The molecule has 2 heterocycles. The van der Waals surface area contributed by atoms with E-state index in [4.69, 9.17) is 5.73 Å². The summed E-state index contributed by atoms with van der Waals surface area (Å²) in [7, 11) is 0. The number of aromatic nitrogens is 1. The lowest BCUT2D eigenvalue weighted by molar-refractivity contribution is 0.504. The summed E-state index contributed by atoms with van der Waals surface area (Å²) in [4.78, 5) is 6.02. The van der Waals surface area contributed by atoms with Gasteiger partial charge in [0.25, 0.3) is 0 Å². The molecule has 15 heavy (non-hydrogen) atoms. The van der Waals surface area contributed by atoms with Crippen LogP contribution in [-0.2, 0) is 0 Å². The summed E-state index contributed by atoms with van der Waals surface area (Å²) in [5.74, 6) is -0.327. The molecule has 1 aromatic rings. The first-order valence-corrected chi connectivity index (χ1v) is 5.77. The van der Waals surface area contributed by atoms with Crippen molar-refractivity contribution in [2.24, 2.45) is 5.73 Å². The lowest BCUT2D eigenvalue weighted by Gasteiger charge is -2.32. The van der Waals surface area contributed by atoms with Crippen molar-refractivity contribution < 1.29 is 4.39 Å². The molecule has 2 rings (SSSR count). The highest BCUT2D eigenvalue weighted by Crippen LogP contribution is 2.22. The molecular formula is C10H13BrFN3. The highest BCUT2D eigenvalue weighted by atomic mass is 79.9. The van der Waals surface area contributed by atoms with E-state index in [1.54, 1.807) is 6.20 Å². The molecule has 82 valence electrons. The minimum absolute atomic E-state index is 0.186. The Balaban J connectivity index is 2.18. The third kappa shape index (κ3) is 2.46. The molecule has 0 radical (unpaired) electrons. The Morgan fingerprint density at radius 1 is 1.60 bits per heavy atom. The molecule has 0 spiro atoms. The molecule has 1 saturated heterocycles. The van der Waals surface area contributed by atoms with Gasteiger partial charge in [0.15, 0.2) is 5.82 Å². The van der Waals surface area contributed by atoms with Crippen molar-refractivity contribution in [2.45, 2.75) is 18.9 Å². The highest BCUT2D eigenvalue weighted by molar-refractivity contribution is 9.10.